The molecule has 0 heterocycles. The van der Waals surface area contributed by atoms with E-state index in [0.717, 1.165) is 18.4 Å². The van der Waals surface area contributed by atoms with Gasteiger partial charge in [0.05, 0.1) is 0 Å². The summed E-state index contributed by atoms with van der Waals surface area (Å²) in [5.74, 6) is 0.0880. The second-order valence-corrected chi connectivity index (χ2v) is 2.72. The van der Waals surface area contributed by atoms with Gasteiger partial charge in [0.15, 0.2) is 0 Å². The number of rotatable bonds is 2. The van der Waals surface area contributed by atoms with Gasteiger partial charge >= 0.3 is 0 Å². The number of hydrogen-bond donors (Lipinski definition) is 1. The molecule has 0 spiro atoms. The van der Waals surface area contributed by atoms with Crippen LogP contribution in [0.2, 0.25) is 0 Å². The smallest absolute Gasteiger partial charge is 0.246 e. The topological polar surface area (TPSA) is 29.1 Å². The van der Waals surface area contributed by atoms with Crippen LogP contribution in [0.4, 0.5) is 0 Å². The lowest BCUT2D eigenvalue weighted by Crippen LogP contribution is -2.25. The van der Waals surface area contributed by atoms with E-state index < -0.39 is 0 Å². The number of carbonyl (C=O) groups is 1. The summed E-state index contributed by atoms with van der Waals surface area (Å²) in [6, 6.07) is 0.474. The molecule has 0 saturated heterocycles. The Morgan fingerprint density at radius 2 is 2.20 bits per heavy atom. The maximum Gasteiger partial charge on any atom is 0.246 e. The van der Waals surface area contributed by atoms with E-state index in [1.165, 1.54) is 0 Å². The lowest BCUT2D eigenvalue weighted by molar-refractivity contribution is -0.117. The molecule has 0 aromatic heterocycles. The number of hydrogen-bond acceptors (Lipinski definition) is 1. The fourth-order valence-corrected chi connectivity index (χ4v) is 0.658. The third-order valence-corrected chi connectivity index (χ3v) is 1.70. The van der Waals surface area contributed by atoms with Crippen molar-refractivity contribution in [1.82, 2.24) is 5.32 Å². The van der Waals surface area contributed by atoms with Crippen LogP contribution in [-0.2, 0) is 4.79 Å². The molecular formula is C8H13NO. The molecule has 0 radical (unpaired) electrons. The van der Waals surface area contributed by atoms with Crippen molar-refractivity contribution in [2.75, 3.05) is 0 Å². The average molecular weight is 139 g/mol. The average Bonchev–Trinajstić information content (AvgIpc) is 2.70. The van der Waals surface area contributed by atoms with Gasteiger partial charge in [-0.25, -0.2) is 0 Å². The van der Waals surface area contributed by atoms with E-state index in [1.807, 2.05) is 19.9 Å². The van der Waals surface area contributed by atoms with E-state index in [9.17, 15) is 4.79 Å². The Kier molecular flexibility index (Phi) is 2.10. The molecule has 0 unspecified atom stereocenters. The van der Waals surface area contributed by atoms with Crippen molar-refractivity contribution in [3.8, 4) is 0 Å². The van der Waals surface area contributed by atoms with Crippen molar-refractivity contribution in [3.63, 3.8) is 0 Å². The lowest BCUT2D eigenvalue weighted by Gasteiger charge is -2.00. The summed E-state index contributed by atoms with van der Waals surface area (Å²) in [7, 11) is 0. The molecule has 2 heteroatoms. The third kappa shape index (κ3) is 1.87. The van der Waals surface area contributed by atoms with Crippen molar-refractivity contribution >= 4 is 5.91 Å². The SMILES string of the molecule is CC=C(C)C(=O)NC1CC1. The van der Waals surface area contributed by atoms with Crippen LogP contribution in [0.15, 0.2) is 11.6 Å². The molecule has 1 rings (SSSR count). The predicted octanol–water partition coefficient (Wildman–Crippen LogP) is 1.23. The molecule has 0 aromatic carbocycles. The number of allylic oxidation sites excluding steroid dienone is 1. The van der Waals surface area contributed by atoms with Gasteiger partial charge in [-0.15, -0.1) is 0 Å². The highest BCUT2D eigenvalue weighted by atomic mass is 16.1. The standard InChI is InChI=1S/C8H13NO/c1-3-6(2)8(10)9-7-4-5-7/h3,7H,4-5H2,1-2H3,(H,9,10). The first-order valence-corrected chi connectivity index (χ1v) is 3.68. The van der Waals surface area contributed by atoms with Crippen LogP contribution in [0, 0.1) is 0 Å². The highest BCUT2D eigenvalue weighted by molar-refractivity contribution is 5.93. The Bertz CT molecular complexity index is 168. The molecule has 0 aromatic rings. The van der Waals surface area contributed by atoms with Crippen LogP contribution in [0.25, 0.3) is 0 Å². The number of nitrogens with one attached hydrogen (secondary N) is 1. The van der Waals surface area contributed by atoms with Gasteiger partial charge in [0, 0.05) is 11.6 Å². The Balaban J connectivity index is 2.32. The van der Waals surface area contributed by atoms with E-state index in [1.54, 1.807) is 0 Å². The van der Waals surface area contributed by atoms with Crippen LogP contribution in [0.3, 0.4) is 0 Å². The zero-order valence-corrected chi connectivity index (χ0v) is 6.48. The molecule has 10 heavy (non-hydrogen) atoms. The van der Waals surface area contributed by atoms with Crippen LogP contribution in [0.5, 0.6) is 0 Å². The van der Waals surface area contributed by atoms with Crippen LogP contribution >= 0.6 is 0 Å². The van der Waals surface area contributed by atoms with E-state index in [4.69, 9.17) is 0 Å². The number of carbonyl (C=O) groups excluding carboxylic acids is 1. The fraction of sp³-hybridized carbons (Fsp3) is 0.625. The molecule has 1 N–H and O–H groups in total. The van der Waals surface area contributed by atoms with E-state index in [2.05, 4.69) is 5.32 Å². The minimum atomic E-state index is 0.0880. The van der Waals surface area contributed by atoms with Gasteiger partial charge in [-0.2, -0.15) is 0 Å². The van der Waals surface area contributed by atoms with Crippen molar-refractivity contribution in [1.29, 1.82) is 0 Å². The summed E-state index contributed by atoms with van der Waals surface area (Å²) in [4.78, 5) is 11.0. The summed E-state index contributed by atoms with van der Waals surface area (Å²) < 4.78 is 0. The Labute approximate surface area is 61.3 Å². The minimum absolute atomic E-state index is 0.0880. The van der Waals surface area contributed by atoms with Gasteiger partial charge in [-0.1, -0.05) is 6.08 Å². The minimum Gasteiger partial charge on any atom is -0.350 e. The van der Waals surface area contributed by atoms with Gasteiger partial charge in [-0.05, 0) is 26.7 Å². The van der Waals surface area contributed by atoms with E-state index in [0.29, 0.717) is 6.04 Å². The van der Waals surface area contributed by atoms with E-state index >= 15 is 0 Å². The highest BCUT2D eigenvalue weighted by Crippen LogP contribution is 2.18. The number of amides is 1. The van der Waals surface area contributed by atoms with Crippen LogP contribution in [0.1, 0.15) is 26.7 Å². The first-order chi connectivity index (χ1) is 4.74. The molecule has 0 atom stereocenters. The predicted molar refractivity (Wildman–Crippen MR) is 40.6 cm³/mol. The molecular weight excluding hydrogens is 126 g/mol. The zero-order chi connectivity index (χ0) is 7.56. The van der Waals surface area contributed by atoms with Crippen LogP contribution in [-0.4, -0.2) is 11.9 Å². The molecule has 2 nitrogen and oxygen atoms in total. The fourth-order valence-electron chi connectivity index (χ4n) is 0.658. The quantitative estimate of drug-likeness (QED) is 0.573. The Morgan fingerprint density at radius 3 is 2.60 bits per heavy atom. The summed E-state index contributed by atoms with van der Waals surface area (Å²) >= 11 is 0. The molecule has 1 aliphatic carbocycles. The van der Waals surface area contributed by atoms with Crippen molar-refractivity contribution in [2.45, 2.75) is 32.7 Å². The lowest BCUT2D eigenvalue weighted by atomic mass is 10.3. The molecule has 1 amide bonds. The highest BCUT2D eigenvalue weighted by Gasteiger charge is 2.23. The Morgan fingerprint density at radius 1 is 1.60 bits per heavy atom. The van der Waals surface area contributed by atoms with Gasteiger partial charge in [-0.3, -0.25) is 4.79 Å². The summed E-state index contributed by atoms with van der Waals surface area (Å²) in [6.45, 7) is 3.71. The van der Waals surface area contributed by atoms with Crippen molar-refractivity contribution < 1.29 is 4.79 Å². The first kappa shape index (κ1) is 7.32. The zero-order valence-electron chi connectivity index (χ0n) is 6.48. The van der Waals surface area contributed by atoms with Gasteiger partial charge in [0.1, 0.15) is 0 Å². The summed E-state index contributed by atoms with van der Waals surface area (Å²) in [5.41, 5.74) is 0.812. The monoisotopic (exact) mass is 139 g/mol. The van der Waals surface area contributed by atoms with Gasteiger partial charge in [0.25, 0.3) is 0 Å². The molecule has 0 aliphatic heterocycles. The van der Waals surface area contributed by atoms with E-state index in [-0.39, 0.29) is 5.91 Å². The normalized spacial score (nSPS) is 18.8. The molecule has 56 valence electrons. The second-order valence-electron chi connectivity index (χ2n) is 2.72. The maximum absolute atomic E-state index is 11.0. The first-order valence-electron chi connectivity index (χ1n) is 3.68. The van der Waals surface area contributed by atoms with Gasteiger partial charge in [0.2, 0.25) is 5.91 Å². The maximum atomic E-state index is 11.0. The summed E-state index contributed by atoms with van der Waals surface area (Å²) in [5, 5.41) is 2.90. The molecule has 1 saturated carbocycles. The van der Waals surface area contributed by atoms with Crippen LogP contribution < -0.4 is 5.32 Å². The molecule has 1 aliphatic rings. The van der Waals surface area contributed by atoms with Gasteiger partial charge < -0.3 is 5.32 Å². The second kappa shape index (κ2) is 2.86. The molecule has 1 fully saturated rings. The van der Waals surface area contributed by atoms with Crippen molar-refractivity contribution in [2.24, 2.45) is 0 Å². The largest absolute Gasteiger partial charge is 0.350 e. The summed E-state index contributed by atoms with van der Waals surface area (Å²) in [6.07, 6.45) is 4.14. The Hall–Kier alpha value is -0.790. The molecule has 0 bridgehead atoms. The third-order valence-electron chi connectivity index (χ3n) is 1.70. The van der Waals surface area contributed by atoms with Crippen molar-refractivity contribution in [3.05, 3.63) is 11.6 Å².